The Kier molecular flexibility index (Phi) is 1.72. The molecule has 0 N–H and O–H groups in total. The molecule has 3 rings (SSSR count). The number of carbonyl (C=O) groups is 1. The van der Waals surface area contributed by atoms with E-state index in [2.05, 4.69) is 12.2 Å². The van der Waals surface area contributed by atoms with Crippen molar-refractivity contribution >= 4 is 5.97 Å². The predicted molar refractivity (Wildman–Crippen MR) is 56.9 cm³/mol. The van der Waals surface area contributed by atoms with E-state index in [4.69, 9.17) is 4.74 Å². The van der Waals surface area contributed by atoms with Crippen LogP contribution in [0.3, 0.4) is 0 Å². The van der Waals surface area contributed by atoms with Crippen molar-refractivity contribution in [3.05, 3.63) is 46.3 Å². The van der Waals surface area contributed by atoms with E-state index in [0.29, 0.717) is 6.42 Å². The van der Waals surface area contributed by atoms with Crippen LogP contribution in [-0.2, 0) is 9.53 Å². The molecule has 0 unspecified atom stereocenters. The highest BCUT2D eigenvalue weighted by Crippen LogP contribution is 2.48. The largest absolute Gasteiger partial charge is 0.426 e. The summed E-state index contributed by atoms with van der Waals surface area (Å²) >= 11 is 0. The quantitative estimate of drug-likeness (QED) is 0.641. The van der Waals surface area contributed by atoms with Gasteiger partial charge in [0, 0.05) is 18.4 Å². The van der Waals surface area contributed by atoms with Gasteiger partial charge in [0.15, 0.2) is 0 Å². The molecule has 3 aliphatic rings. The Morgan fingerprint density at radius 2 is 2.33 bits per heavy atom. The number of allylic oxidation sites excluding steroid dienone is 7. The van der Waals surface area contributed by atoms with Crippen LogP contribution in [0.5, 0.6) is 0 Å². The van der Waals surface area contributed by atoms with Gasteiger partial charge in [-0.1, -0.05) is 19.1 Å². The standard InChI is InChI=1S/C13H12O2/c1-2-13(14)15-12-7-8-6-11(12)10-5-3-4-9(8)10/h3,5,7H,2,4,6H2,1H3. The van der Waals surface area contributed by atoms with E-state index in [1.807, 2.05) is 13.0 Å². The first-order chi connectivity index (χ1) is 7.29. The van der Waals surface area contributed by atoms with E-state index >= 15 is 0 Å². The summed E-state index contributed by atoms with van der Waals surface area (Å²) in [6.07, 6.45) is 8.77. The van der Waals surface area contributed by atoms with Crippen molar-refractivity contribution in [2.75, 3.05) is 0 Å². The zero-order chi connectivity index (χ0) is 10.4. The van der Waals surface area contributed by atoms with E-state index in [1.165, 1.54) is 22.3 Å². The zero-order valence-corrected chi connectivity index (χ0v) is 8.67. The minimum atomic E-state index is -0.147. The Morgan fingerprint density at radius 1 is 1.47 bits per heavy atom. The number of carbonyl (C=O) groups excluding carboxylic acids is 1. The highest BCUT2D eigenvalue weighted by atomic mass is 16.5. The summed E-state index contributed by atoms with van der Waals surface area (Å²) in [7, 11) is 0. The van der Waals surface area contributed by atoms with E-state index in [0.717, 1.165) is 18.6 Å². The van der Waals surface area contributed by atoms with Crippen LogP contribution in [-0.4, -0.2) is 5.97 Å². The third kappa shape index (κ3) is 1.14. The molecule has 76 valence electrons. The monoisotopic (exact) mass is 200 g/mol. The van der Waals surface area contributed by atoms with Crippen LogP contribution >= 0.6 is 0 Å². The minimum Gasteiger partial charge on any atom is -0.426 e. The molecule has 0 atom stereocenters. The molecule has 0 aliphatic heterocycles. The van der Waals surface area contributed by atoms with E-state index in [9.17, 15) is 4.79 Å². The van der Waals surface area contributed by atoms with E-state index < -0.39 is 0 Å². The van der Waals surface area contributed by atoms with Gasteiger partial charge in [0.05, 0.1) is 0 Å². The second kappa shape index (κ2) is 2.96. The highest BCUT2D eigenvalue weighted by Gasteiger charge is 2.32. The molecule has 0 radical (unpaired) electrons. The van der Waals surface area contributed by atoms with Crippen LogP contribution < -0.4 is 0 Å². The normalized spacial score (nSPS) is 21.3. The minimum absolute atomic E-state index is 0.147. The first kappa shape index (κ1) is 8.72. The second-order valence-corrected chi connectivity index (χ2v) is 4.02. The molecule has 0 aromatic carbocycles. The number of ether oxygens (including phenoxy) is 1. The van der Waals surface area contributed by atoms with Crippen molar-refractivity contribution in [1.29, 1.82) is 0 Å². The number of hydrogen-bond acceptors (Lipinski definition) is 2. The molecule has 2 heteroatoms. The Hall–Kier alpha value is -1.57. The van der Waals surface area contributed by atoms with Gasteiger partial charge in [0.25, 0.3) is 0 Å². The molecular weight excluding hydrogens is 188 g/mol. The zero-order valence-electron chi connectivity index (χ0n) is 8.67. The summed E-state index contributed by atoms with van der Waals surface area (Å²) in [5.74, 6) is 0.633. The number of fused-ring (bicyclic) bond motifs is 4. The lowest BCUT2D eigenvalue weighted by Gasteiger charge is -2.08. The molecule has 3 aliphatic carbocycles. The Bertz CT molecular complexity index is 473. The molecule has 0 fully saturated rings. The summed E-state index contributed by atoms with van der Waals surface area (Å²) in [6, 6.07) is 0. The SMILES string of the molecule is CCC(=O)OC1=C2CC(=C1)C1=C2C=CC1. The van der Waals surface area contributed by atoms with Crippen molar-refractivity contribution in [3.8, 4) is 0 Å². The number of hydrogen-bond donors (Lipinski definition) is 0. The van der Waals surface area contributed by atoms with Gasteiger partial charge < -0.3 is 4.74 Å². The first-order valence-electron chi connectivity index (χ1n) is 5.34. The van der Waals surface area contributed by atoms with Gasteiger partial charge in [0.2, 0.25) is 0 Å². The molecule has 0 aromatic rings. The van der Waals surface area contributed by atoms with Crippen LogP contribution in [0.2, 0.25) is 0 Å². The Labute approximate surface area is 88.6 Å². The molecule has 0 saturated heterocycles. The molecule has 0 amide bonds. The lowest BCUT2D eigenvalue weighted by atomic mass is 10.1. The molecule has 0 heterocycles. The maximum absolute atomic E-state index is 11.2. The van der Waals surface area contributed by atoms with Crippen molar-refractivity contribution < 1.29 is 9.53 Å². The molecule has 0 aromatic heterocycles. The van der Waals surface area contributed by atoms with Gasteiger partial charge in [-0.25, -0.2) is 0 Å². The molecule has 0 spiro atoms. The number of rotatable bonds is 2. The molecular formula is C13H12O2. The van der Waals surface area contributed by atoms with Crippen LogP contribution in [0, 0.1) is 0 Å². The average Bonchev–Trinajstić information content (AvgIpc) is 2.87. The van der Waals surface area contributed by atoms with Gasteiger partial charge in [-0.3, -0.25) is 4.79 Å². The fourth-order valence-electron chi connectivity index (χ4n) is 2.37. The van der Waals surface area contributed by atoms with Gasteiger partial charge in [-0.2, -0.15) is 0 Å². The van der Waals surface area contributed by atoms with E-state index in [1.54, 1.807) is 0 Å². The lowest BCUT2D eigenvalue weighted by molar-refractivity contribution is -0.138. The van der Waals surface area contributed by atoms with Crippen LogP contribution in [0.25, 0.3) is 0 Å². The van der Waals surface area contributed by atoms with Crippen molar-refractivity contribution in [2.24, 2.45) is 0 Å². The molecule has 0 saturated carbocycles. The van der Waals surface area contributed by atoms with Crippen LogP contribution in [0.1, 0.15) is 26.2 Å². The summed E-state index contributed by atoms with van der Waals surface area (Å²) in [5.41, 5.74) is 5.27. The van der Waals surface area contributed by atoms with Crippen LogP contribution in [0.15, 0.2) is 46.3 Å². The molecule has 2 bridgehead atoms. The van der Waals surface area contributed by atoms with Crippen LogP contribution in [0.4, 0.5) is 0 Å². The topological polar surface area (TPSA) is 26.3 Å². The predicted octanol–water partition coefficient (Wildman–Crippen LogP) is 2.79. The Morgan fingerprint density at radius 3 is 3.13 bits per heavy atom. The number of esters is 1. The van der Waals surface area contributed by atoms with Crippen molar-refractivity contribution in [2.45, 2.75) is 26.2 Å². The third-order valence-electron chi connectivity index (χ3n) is 3.13. The van der Waals surface area contributed by atoms with Gasteiger partial charge >= 0.3 is 5.97 Å². The van der Waals surface area contributed by atoms with Gasteiger partial charge in [-0.05, 0) is 29.2 Å². The van der Waals surface area contributed by atoms with Gasteiger partial charge in [-0.15, -0.1) is 0 Å². The fraction of sp³-hybridized carbons (Fsp3) is 0.308. The van der Waals surface area contributed by atoms with Gasteiger partial charge in [0.1, 0.15) is 5.76 Å². The smallest absolute Gasteiger partial charge is 0.310 e. The Balaban J connectivity index is 1.94. The lowest BCUT2D eigenvalue weighted by Crippen LogP contribution is -2.03. The summed E-state index contributed by atoms with van der Waals surface area (Å²) in [4.78, 5) is 11.2. The highest BCUT2D eigenvalue weighted by molar-refractivity contribution is 5.75. The maximum Gasteiger partial charge on any atom is 0.310 e. The fourth-order valence-corrected chi connectivity index (χ4v) is 2.37. The molecule has 2 nitrogen and oxygen atoms in total. The average molecular weight is 200 g/mol. The summed E-state index contributed by atoms with van der Waals surface area (Å²) < 4.78 is 5.30. The van der Waals surface area contributed by atoms with Crippen molar-refractivity contribution in [3.63, 3.8) is 0 Å². The van der Waals surface area contributed by atoms with E-state index in [-0.39, 0.29) is 5.97 Å². The maximum atomic E-state index is 11.2. The molecule has 15 heavy (non-hydrogen) atoms. The van der Waals surface area contributed by atoms with Crippen molar-refractivity contribution in [1.82, 2.24) is 0 Å². The second-order valence-electron chi connectivity index (χ2n) is 4.02. The first-order valence-corrected chi connectivity index (χ1v) is 5.34. The third-order valence-corrected chi connectivity index (χ3v) is 3.13. The summed E-state index contributed by atoms with van der Waals surface area (Å²) in [6.45, 7) is 1.81. The summed E-state index contributed by atoms with van der Waals surface area (Å²) in [5, 5.41) is 0.